The Labute approximate surface area is 89.5 Å². The van der Waals surface area contributed by atoms with Gasteiger partial charge in [-0.3, -0.25) is 0 Å². The summed E-state index contributed by atoms with van der Waals surface area (Å²) in [5.74, 6) is 4.48. The van der Waals surface area contributed by atoms with Crippen molar-refractivity contribution in [2.24, 2.45) is 23.7 Å². The minimum absolute atomic E-state index is 1.12. The largest absolute Gasteiger partial charge is 0.0654 e. The molecule has 3 saturated carbocycles. The minimum Gasteiger partial charge on any atom is -0.0654 e. The summed E-state index contributed by atoms with van der Waals surface area (Å²) in [6.45, 7) is 4.73. The SMILES string of the molecule is CCCC1C2CCC(CC2)C1CCC. The average Bonchev–Trinajstić information content (AvgIpc) is 2.23. The molecular weight excluding hydrogens is 168 g/mol. The molecule has 0 aliphatic heterocycles. The lowest BCUT2D eigenvalue weighted by Gasteiger charge is -2.49. The Balaban J connectivity index is 2.02. The third kappa shape index (κ3) is 1.85. The first-order valence-corrected chi connectivity index (χ1v) is 6.86. The van der Waals surface area contributed by atoms with Crippen LogP contribution >= 0.6 is 0 Å². The Morgan fingerprint density at radius 2 is 1.07 bits per heavy atom. The van der Waals surface area contributed by atoms with Crippen molar-refractivity contribution in [2.75, 3.05) is 0 Å². The van der Waals surface area contributed by atoms with Crippen LogP contribution in [0.1, 0.15) is 65.2 Å². The Morgan fingerprint density at radius 3 is 1.36 bits per heavy atom. The fourth-order valence-corrected chi connectivity index (χ4v) is 4.27. The van der Waals surface area contributed by atoms with Gasteiger partial charge in [-0.2, -0.15) is 0 Å². The quantitative estimate of drug-likeness (QED) is 0.611. The molecule has 0 nitrogen and oxygen atoms in total. The van der Waals surface area contributed by atoms with Gasteiger partial charge in [-0.15, -0.1) is 0 Å². The topological polar surface area (TPSA) is 0 Å². The van der Waals surface area contributed by atoms with Gasteiger partial charge in [0.15, 0.2) is 0 Å². The van der Waals surface area contributed by atoms with Crippen LogP contribution in [0.5, 0.6) is 0 Å². The van der Waals surface area contributed by atoms with E-state index < -0.39 is 0 Å². The van der Waals surface area contributed by atoms with Gasteiger partial charge in [0, 0.05) is 0 Å². The molecule has 0 radical (unpaired) electrons. The fourth-order valence-electron chi connectivity index (χ4n) is 4.27. The molecule has 0 heteroatoms. The molecule has 3 fully saturated rings. The van der Waals surface area contributed by atoms with E-state index in [1.807, 2.05) is 0 Å². The first-order chi connectivity index (χ1) is 6.86. The molecule has 0 N–H and O–H groups in total. The van der Waals surface area contributed by atoms with Gasteiger partial charge in [-0.05, 0) is 49.4 Å². The lowest BCUT2D eigenvalue weighted by molar-refractivity contribution is 0.0127. The van der Waals surface area contributed by atoms with E-state index in [4.69, 9.17) is 0 Å². The maximum absolute atomic E-state index is 2.37. The summed E-state index contributed by atoms with van der Waals surface area (Å²) >= 11 is 0. The summed E-state index contributed by atoms with van der Waals surface area (Å²) in [7, 11) is 0. The number of hydrogen-bond acceptors (Lipinski definition) is 0. The van der Waals surface area contributed by atoms with E-state index in [2.05, 4.69) is 13.8 Å². The van der Waals surface area contributed by atoms with Crippen molar-refractivity contribution in [3.8, 4) is 0 Å². The summed E-state index contributed by atoms with van der Waals surface area (Å²) in [6, 6.07) is 0. The van der Waals surface area contributed by atoms with Crippen molar-refractivity contribution in [3.05, 3.63) is 0 Å². The van der Waals surface area contributed by atoms with Gasteiger partial charge < -0.3 is 0 Å². The first-order valence-electron chi connectivity index (χ1n) is 6.86. The lowest BCUT2D eigenvalue weighted by Crippen LogP contribution is -2.39. The van der Waals surface area contributed by atoms with Crippen LogP contribution in [-0.2, 0) is 0 Å². The van der Waals surface area contributed by atoms with Crippen LogP contribution < -0.4 is 0 Å². The molecule has 0 aromatic carbocycles. The molecule has 0 heterocycles. The average molecular weight is 194 g/mol. The first kappa shape index (κ1) is 10.5. The van der Waals surface area contributed by atoms with Crippen LogP contribution in [0.2, 0.25) is 0 Å². The maximum atomic E-state index is 2.37. The van der Waals surface area contributed by atoms with Gasteiger partial charge >= 0.3 is 0 Å². The third-order valence-corrected chi connectivity index (χ3v) is 4.82. The van der Waals surface area contributed by atoms with Gasteiger partial charge in [0.1, 0.15) is 0 Å². The standard InChI is InChI=1S/C14H26/c1-3-5-13-11-7-9-12(10-8-11)14(13)6-4-2/h11-14H,3-10H2,1-2H3. The van der Waals surface area contributed by atoms with E-state index in [1.54, 1.807) is 25.7 Å². The molecule has 82 valence electrons. The van der Waals surface area contributed by atoms with E-state index in [9.17, 15) is 0 Å². The Hall–Kier alpha value is 0. The lowest BCUT2D eigenvalue weighted by atomic mass is 9.56. The molecule has 2 bridgehead atoms. The zero-order valence-electron chi connectivity index (χ0n) is 9.97. The van der Waals surface area contributed by atoms with Crippen LogP contribution in [0.4, 0.5) is 0 Å². The number of rotatable bonds is 4. The molecular formula is C14H26. The minimum atomic E-state index is 1.12. The Bertz CT molecular complexity index is 145. The molecule has 2 unspecified atom stereocenters. The normalized spacial score (nSPS) is 41.6. The van der Waals surface area contributed by atoms with Gasteiger partial charge in [-0.25, -0.2) is 0 Å². The predicted molar refractivity (Wildman–Crippen MR) is 62.2 cm³/mol. The monoisotopic (exact) mass is 194 g/mol. The molecule has 3 aliphatic carbocycles. The zero-order valence-corrected chi connectivity index (χ0v) is 9.97. The van der Waals surface area contributed by atoms with Gasteiger partial charge in [0.2, 0.25) is 0 Å². The van der Waals surface area contributed by atoms with Crippen LogP contribution in [-0.4, -0.2) is 0 Å². The molecule has 3 aliphatic rings. The Kier molecular flexibility index (Phi) is 3.52. The van der Waals surface area contributed by atoms with Crippen molar-refractivity contribution in [1.29, 1.82) is 0 Å². The molecule has 0 spiro atoms. The second kappa shape index (κ2) is 4.68. The van der Waals surface area contributed by atoms with Crippen molar-refractivity contribution in [1.82, 2.24) is 0 Å². The molecule has 0 aromatic heterocycles. The molecule has 3 rings (SSSR count). The second-order valence-corrected chi connectivity index (χ2v) is 5.58. The van der Waals surface area contributed by atoms with E-state index in [-0.39, 0.29) is 0 Å². The Morgan fingerprint density at radius 1 is 0.714 bits per heavy atom. The van der Waals surface area contributed by atoms with Gasteiger partial charge in [-0.1, -0.05) is 39.5 Å². The van der Waals surface area contributed by atoms with E-state index in [1.165, 1.54) is 25.7 Å². The van der Waals surface area contributed by atoms with E-state index in [0.29, 0.717) is 0 Å². The summed E-state index contributed by atoms with van der Waals surface area (Å²) in [6.07, 6.45) is 12.1. The fraction of sp³-hybridized carbons (Fsp3) is 1.00. The summed E-state index contributed by atoms with van der Waals surface area (Å²) in [4.78, 5) is 0. The van der Waals surface area contributed by atoms with Crippen LogP contribution in [0.15, 0.2) is 0 Å². The van der Waals surface area contributed by atoms with Crippen molar-refractivity contribution in [2.45, 2.75) is 65.2 Å². The van der Waals surface area contributed by atoms with Crippen molar-refractivity contribution in [3.63, 3.8) is 0 Å². The summed E-state index contributed by atoms with van der Waals surface area (Å²) in [5.41, 5.74) is 0. The second-order valence-electron chi connectivity index (χ2n) is 5.58. The third-order valence-electron chi connectivity index (χ3n) is 4.82. The van der Waals surface area contributed by atoms with Crippen LogP contribution in [0.25, 0.3) is 0 Å². The van der Waals surface area contributed by atoms with E-state index >= 15 is 0 Å². The highest BCUT2D eigenvalue weighted by Gasteiger charge is 2.41. The molecule has 14 heavy (non-hydrogen) atoms. The van der Waals surface area contributed by atoms with Crippen LogP contribution in [0.3, 0.4) is 0 Å². The highest BCUT2D eigenvalue weighted by molar-refractivity contribution is 4.92. The smallest absolute Gasteiger partial charge is 0.0355 e. The summed E-state index contributed by atoms with van der Waals surface area (Å²) < 4.78 is 0. The van der Waals surface area contributed by atoms with Gasteiger partial charge in [0.25, 0.3) is 0 Å². The van der Waals surface area contributed by atoms with E-state index in [0.717, 1.165) is 23.7 Å². The highest BCUT2D eigenvalue weighted by atomic mass is 14.5. The van der Waals surface area contributed by atoms with Crippen LogP contribution in [0, 0.1) is 23.7 Å². The number of hydrogen-bond donors (Lipinski definition) is 0. The van der Waals surface area contributed by atoms with Crippen molar-refractivity contribution >= 4 is 0 Å². The molecule has 0 saturated heterocycles. The maximum Gasteiger partial charge on any atom is -0.0355 e. The van der Waals surface area contributed by atoms with Gasteiger partial charge in [0.05, 0.1) is 0 Å². The van der Waals surface area contributed by atoms with Crippen molar-refractivity contribution < 1.29 is 0 Å². The highest BCUT2D eigenvalue weighted by Crippen LogP contribution is 2.51. The molecule has 2 atom stereocenters. The number of fused-ring (bicyclic) bond motifs is 3. The predicted octanol–water partition coefficient (Wildman–Crippen LogP) is 4.64. The molecule has 0 amide bonds. The summed E-state index contributed by atoms with van der Waals surface area (Å²) in [5, 5.41) is 0. The zero-order chi connectivity index (χ0) is 9.97. The molecule has 0 aromatic rings.